The van der Waals surface area contributed by atoms with Crippen LogP contribution in [-0.2, 0) is 16.8 Å². The van der Waals surface area contributed by atoms with Crippen LogP contribution in [0.5, 0.6) is 0 Å². The maximum Gasteiger partial charge on any atom is 0.136 e. The molecule has 1 aliphatic rings. The van der Waals surface area contributed by atoms with Gasteiger partial charge in [0, 0.05) is 44.1 Å². The standard InChI is InChI=1S/C19H29N5O2/c1-19(2,3)18-22-14(12-26-4)11-15(23-18)24-9-5-13(6-10-24)16(25)17-20-7-8-21-17/h7-8,11,13,16,25H,5-6,9-10,12H2,1-4H3,(H,20,21). The van der Waals surface area contributed by atoms with Crippen LogP contribution in [0.25, 0.3) is 0 Å². The van der Waals surface area contributed by atoms with E-state index in [1.165, 1.54) is 0 Å². The molecule has 2 aromatic rings. The molecule has 0 radical (unpaired) electrons. The van der Waals surface area contributed by atoms with Crippen LogP contribution in [0.3, 0.4) is 0 Å². The monoisotopic (exact) mass is 359 g/mol. The average molecular weight is 359 g/mol. The van der Waals surface area contributed by atoms with Gasteiger partial charge in [0.15, 0.2) is 0 Å². The highest BCUT2D eigenvalue weighted by molar-refractivity contribution is 5.41. The van der Waals surface area contributed by atoms with E-state index in [1.807, 2.05) is 6.07 Å². The van der Waals surface area contributed by atoms with Gasteiger partial charge >= 0.3 is 0 Å². The molecule has 7 nitrogen and oxygen atoms in total. The normalized spacial score (nSPS) is 17.5. The number of piperidine rings is 1. The van der Waals surface area contributed by atoms with Gasteiger partial charge in [-0.25, -0.2) is 15.0 Å². The second kappa shape index (κ2) is 7.72. The van der Waals surface area contributed by atoms with E-state index in [9.17, 15) is 5.11 Å². The largest absolute Gasteiger partial charge is 0.385 e. The Bertz CT molecular complexity index is 703. The summed E-state index contributed by atoms with van der Waals surface area (Å²) >= 11 is 0. The predicted octanol–water partition coefficient (Wildman–Crippen LogP) is 2.59. The van der Waals surface area contributed by atoms with Gasteiger partial charge in [-0.05, 0) is 18.8 Å². The maximum atomic E-state index is 10.5. The molecular weight excluding hydrogens is 330 g/mol. The van der Waals surface area contributed by atoms with Gasteiger partial charge in [0.1, 0.15) is 23.6 Å². The Kier molecular flexibility index (Phi) is 5.58. The number of methoxy groups -OCH3 is 1. The quantitative estimate of drug-likeness (QED) is 0.853. The molecule has 1 unspecified atom stereocenters. The van der Waals surface area contributed by atoms with Crippen LogP contribution >= 0.6 is 0 Å². The lowest BCUT2D eigenvalue weighted by Gasteiger charge is -2.35. The molecule has 0 aliphatic carbocycles. The van der Waals surface area contributed by atoms with Crippen molar-refractivity contribution < 1.29 is 9.84 Å². The van der Waals surface area contributed by atoms with E-state index in [2.05, 4.69) is 40.6 Å². The first-order chi connectivity index (χ1) is 12.4. The Morgan fingerprint density at radius 1 is 1.31 bits per heavy atom. The van der Waals surface area contributed by atoms with Crippen LogP contribution in [0.2, 0.25) is 0 Å². The number of aromatic nitrogens is 4. The first kappa shape index (κ1) is 18.8. The van der Waals surface area contributed by atoms with E-state index in [-0.39, 0.29) is 11.3 Å². The molecule has 1 atom stereocenters. The second-order valence-electron chi connectivity index (χ2n) is 7.97. The number of nitrogens with zero attached hydrogens (tertiary/aromatic N) is 4. The maximum absolute atomic E-state index is 10.5. The van der Waals surface area contributed by atoms with Gasteiger partial charge < -0.3 is 19.7 Å². The Balaban J connectivity index is 1.73. The number of anilines is 1. The smallest absolute Gasteiger partial charge is 0.136 e. The molecule has 142 valence electrons. The number of rotatable bonds is 5. The van der Waals surface area contributed by atoms with Crippen molar-refractivity contribution in [3.8, 4) is 0 Å². The highest BCUT2D eigenvalue weighted by atomic mass is 16.5. The highest BCUT2D eigenvalue weighted by Crippen LogP contribution is 2.31. The minimum atomic E-state index is -0.535. The van der Waals surface area contributed by atoms with E-state index < -0.39 is 6.10 Å². The number of nitrogens with one attached hydrogen (secondary N) is 1. The summed E-state index contributed by atoms with van der Waals surface area (Å²) in [6, 6.07) is 2.02. The molecule has 0 spiro atoms. The lowest BCUT2D eigenvalue weighted by atomic mass is 9.90. The number of ether oxygens (including phenoxy) is 1. The summed E-state index contributed by atoms with van der Waals surface area (Å²) < 4.78 is 5.28. The van der Waals surface area contributed by atoms with Gasteiger partial charge in [0.2, 0.25) is 0 Å². The van der Waals surface area contributed by atoms with Gasteiger partial charge in [0.25, 0.3) is 0 Å². The minimum absolute atomic E-state index is 0.119. The Morgan fingerprint density at radius 3 is 2.62 bits per heavy atom. The number of H-pyrrole nitrogens is 1. The molecule has 2 N–H and O–H groups in total. The van der Waals surface area contributed by atoms with E-state index >= 15 is 0 Å². The fraction of sp³-hybridized carbons (Fsp3) is 0.632. The number of imidazole rings is 1. The Hall–Kier alpha value is -1.99. The summed E-state index contributed by atoms with van der Waals surface area (Å²) in [7, 11) is 1.68. The first-order valence-corrected chi connectivity index (χ1v) is 9.18. The molecule has 0 saturated carbocycles. The van der Waals surface area contributed by atoms with Gasteiger partial charge in [-0.15, -0.1) is 0 Å². The van der Waals surface area contributed by atoms with E-state index in [0.717, 1.165) is 43.3 Å². The molecule has 2 aromatic heterocycles. The second-order valence-corrected chi connectivity index (χ2v) is 7.97. The molecule has 7 heteroatoms. The molecule has 1 fully saturated rings. The fourth-order valence-corrected chi connectivity index (χ4v) is 3.31. The zero-order chi connectivity index (χ0) is 18.7. The molecule has 0 amide bonds. The highest BCUT2D eigenvalue weighted by Gasteiger charge is 2.29. The van der Waals surface area contributed by atoms with Crippen molar-refractivity contribution in [2.75, 3.05) is 25.1 Å². The lowest BCUT2D eigenvalue weighted by molar-refractivity contribution is 0.0856. The van der Waals surface area contributed by atoms with Crippen molar-refractivity contribution in [3.63, 3.8) is 0 Å². The van der Waals surface area contributed by atoms with E-state index in [4.69, 9.17) is 9.72 Å². The van der Waals surface area contributed by atoms with Crippen molar-refractivity contribution in [1.29, 1.82) is 0 Å². The Labute approximate surface area is 154 Å². The summed E-state index contributed by atoms with van der Waals surface area (Å²) in [5, 5.41) is 10.5. The summed E-state index contributed by atoms with van der Waals surface area (Å²) in [6.45, 7) is 8.55. The molecule has 3 rings (SSSR count). The zero-order valence-corrected chi connectivity index (χ0v) is 16.1. The SMILES string of the molecule is COCc1cc(N2CCC(C(O)c3ncc[nH]3)CC2)nc(C(C)(C)C)n1. The van der Waals surface area contributed by atoms with Gasteiger partial charge in [0.05, 0.1) is 12.3 Å². The Morgan fingerprint density at radius 2 is 2.04 bits per heavy atom. The summed E-state index contributed by atoms with van der Waals surface area (Å²) in [5.41, 5.74) is 0.784. The minimum Gasteiger partial charge on any atom is -0.385 e. The zero-order valence-electron chi connectivity index (χ0n) is 16.1. The number of hydrogen-bond acceptors (Lipinski definition) is 6. The molecule has 3 heterocycles. The molecule has 0 aromatic carbocycles. The van der Waals surface area contributed by atoms with Crippen molar-refractivity contribution in [3.05, 3.63) is 35.8 Å². The van der Waals surface area contributed by atoms with Crippen LogP contribution in [0, 0.1) is 5.92 Å². The van der Waals surface area contributed by atoms with Crippen LogP contribution < -0.4 is 4.90 Å². The van der Waals surface area contributed by atoms with Gasteiger partial charge in [-0.2, -0.15) is 0 Å². The van der Waals surface area contributed by atoms with Crippen molar-refractivity contribution >= 4 is 5.82 Å². The number of hydrogen-bond donors (Lipinski definition) is 2. The topological polar surface area (TPSA) is 87.2 Å². The third kappa shape index (κ3) is 4.22. The number of aliphatic hydroxyl groups is 1. The molecule has 26 heavy (non-hydrogen) atoms. The number of aromatic amines is 1. The van der Waals surface area contributed by atoms with Gasteiger partial charge in [-0.3, -0.25) is 0 Å². The number of aliphatic hydroxyl groups excluding tert-OH is 1. The lowest BCUT2D eigenvalue weighted by Crippen LogP contribution is -2.37. The van der Waals surface area contributed by atoms with E-state index in [0.29, 0.717) is 12.4 Å². The van der Waals surface area contributed by atoms with Crippen molar-refractivity contribution in [2.45, 2.75) is 51.7 Å². The molecule has 0 bridgehead atoms. The average Bonchev–Trinajstić information content (AvgIpc) is 3.15. The summed E-state index contributed by atoms with van der Waals surface area (Å²) in [4.78, 5) is 18.9. The molecule has 1 aliphatic heterocycles. The fourth-order valence-electron chi connectivity index (χ4n) is 3.31. The van der Waals surface area contributed by atoms with Crippen LogP contribution in [0.1, 0.15) is 57.1 Å². The predicted molar refractivity (Wildman–Crippen MR) is 99.9 cm³/mol. The summed E-state index contributed by atoms with van der Waals surface area (Å²) in [5.74, 6) is 2.64. The third-order valence-corrected chi connectivity index (χ3v) is 4.84. The van der Waals surface area contributed by atoms with Crippen LogP contribution in [0.4, 0.5) is 5.82 Å². The van der Waals surface area contributed by atoms with E-state index in [1.54, 1.807) is 19.5 Å². The third-order valence-electron chi connectivity index (χ3n) is 4.84. The van der Waals surface area contributed by atoms with Gasteiger partial charge in [-0.1, -0.05) is 20.8 Å². The van der Waals surface area contributed by atoms with Crippen LogP contribution in [-0.4, -0.2) is 45.2 Å². The first-order valence-electron chi connectivity index (χ1n) is 9.18. The van der Waals surface area contributed by atoms with Crippen LogP contribution in [0.15, 0.2) is 18.5 Å². The van der Waals surface area contributed by atoms with Crippen molar-refractivity contribution in [2.24, 2.45) is 5.92 Å². The molecule has 1 saturated heterocycles. The summed E-state index contributed by atoms with van der Waals surface area (Å²) in [6.07, 6.45) is 4.69. The van der Waals surface area contributed by atoms with Crippen molar-refractivity contribution in [1.82, 2.24) is 19.9 Å². The molecular formula is C19H29N5O2.